The van der Waals surface area contributed by atoms with Gasteiger partial charge in [0.25, 0.3) is 0 Å². The lowest BCUT2D eigenvalue weighted by Crippen LogP contribution is -2.33. The summed E-state index contributed by atoms with van der Waals surface area (Å²) in [4.78, 5) is 11.2. The number of unbranched alkanes of at least 4 members (excludes halogenated alkanes) is 1. The van der Waals surface area contributed by atoms with Crippen LogP contribution in [0.4, 0.5) is 0 Å². The van der Waals surface area contributed by atoms with E-state index < -0.39 is 0 Å². The Morgan fingerprint density at radius 1 is 1.40 bits per heavy atom. The average Bonchev–Trinajstić information content (AvgIpc) is 2.28. The minimum atomic E-state index is -0.234. The first-order valence-corrected chi connectivity index (χ1v) is 5.81. The minimum Gasteiger partial charge on any atom is -0.464 e. The molecular weight excluding hydrogens is 194 g/mol. The van der Waals surface area contributed by atoms with Crippen LogP contribution in [0.25, 0.3) is 0 Å². The molecule has 0 atom stereocenters. The van der Waals surface area contributed by atoms with Crippen molar-refractivity contribution in [2.75, 3.05) is 26.3 Å². The third-order valence-corrected chi connectivity index (χ3v) is 2.48. The van der Waals surface area contributed by atoms with Gasteiger partial charge in [0.2, 0.25) is 0 Å². The molecule has 0 aromatic carbocycles. The van der Waals surface area contributed by atoms with E-state index in [0.717, 1.165) is 38.8 Å². The maximum absolute atomic E-state index is 11.2. The van der Waals surface area contributed by atoms with Crippen LogP contribution in [0, 0.1) is 0 Å². The van der Waals surface area contributed by atoms with E-state index in [0.29, 0.717) is 6.61 Å². The van der Waals surface area contributed by atoms with Gasteiger partial charge in [-0.1, -0.05) is 13.3 Å². The van der Waals surface area contributed by atoms with Crippen LogP contribution < -0.4 is 5.32 Å². The summed E-state index contributed by atoms with van der Waals surface area (Å²) in [5.41, 5.74) is 0. The number of hydrogen-bond acceptors (Lipinski definition) is 4. The molecule has 1 heterocycles. The van der Waals surface area contributed by atoms with Crippen molar-refractivity contribution < 1.29 is 14.3 Å². The van der Waals surface area contributed by atoms with E-state index in [9.17, 15) is 4.79 Å². The molecule has 1 saturated heterocycles. The van der Waals surface area contributed by atoms with Gasteiger partial charge in [0.05, 0.1) is 12.7 Å². The molecule has 0 unspecified atom stereocenters. The molecule has 0 bridgehead atoms. The largest absolute Gasteiger partial charge is 0.464 e. The van der Waals surface area contributed by atoms with Gasteiger partial charge < -0.3 is 14.8 Å². The molecule has 0 aromatic heterocycles. The van der Waals surface area contributed by atoms with Gasteiger partial charge in [0.1, 0.15) is 6.61 Å². The van der Waals surface area contributed by atoms with Gasteiger partial charge in [-0.05, 0) is 32.4 Å². The van der Waals surface area contributed by atoms with E-state index in [-0.39, 0.29) is 18.7 Å². The zero-order valence-corrected chi connectivity index (χ0v) is 9.46. The van der Waals surface area contributed by atoms with Crippen molar-refractivity contribution in [3.8, 4) is 0 Å². The summed E-state index contributed by atoms with van der Waals surface area (Å²) in [6.07, 6.45) is 4.18. The van der Waals surface area contributed by atoms with Gasteiger partial charge in [0.15, 0.2) is 0 Å². The summed E-state index contributed by atoms with van der Waals surface area (Å²) >= 11 is 0. The molecule has 4 heteroatoms. The Morgan fingerprint density at radius 2 is 2.13 bits per heavy atom. The summed E-state index contributed by atoms with van der Waals surface area (Å²) in [7, 11) is 0. The number of esters is 1. The van der Waals surface area contributed by atoms with Crippen LogP contribution in [0.1, 0.15) is 32.6 Å². The SMILES string of the molecule is CCCCOC(=O)COC1CCNCC1. The number of carbonyl (C=O) groups excluding carboxylic acids is 1. The normalized spacial score (nSPS) is 17.7. The molecule has 0 aromatic rings. The Hall–Kier alpha value is -0.610. The van der Waals surface area contributed by atoms with E-state index in [2.05, 4.69) is 12.2 Å². The van der Waals surface area contributed by atoms with Crippen molar-refractivity contribution in [1.82, 2.24) is 5.32 Å². The van der Waals surface area contributed by atoms with Gasteiger partial charge in [-0.2, -0.15) is 0 Å². The van der Waals surface area contributed by atoms with Crippen LogP contribution in [-0.2, 0) is 14.3 Å². The lowest BCUT2D eigenvalue weighted by atomic mass is 10.1. The molecule has 15 heavy (non-hydrogen) atoms. The second kappa shape index (κ2) is 7.65. The molecule has 1 aliphatic rings. The van der Waals surface area contributed by atoms with Crippen molar-refractivity contribution in [3.63, 3.8) is 0 Å². The minimum absolute atomic E-state index is 0.106. The van der Waals surface area contributed by atoms with E-state index in [4.69, 9.17) is 9.47 Å². The molecule has 0 radical (unpaired) electrons. The molecule has 0 spiro atoms. The first-order valence-electron chi connectivity index (χ1n) is 5.81. The van der Waals surface area contributed by atoms with E-state index in [1.54, 1.807) is 0 Å². The van der Waals surface area contributed by atoms with E-state index >= 15 is 0 Å². The van der Waals surface area contributed by atoms with Crippen molar-refractivity contribution >= 4 is 5.97 Å². The molecule has 1 N–H and O–H groups in total. The summed E-state index contributed by atoms with van der Waals surface area (Å²) in [5.74, 6) is -0.234. The predicted octanol–water partition coefficient (Wildman–Crippen LogP) is 1.10. The number of ether oxygens (including phenoxy) is 2. The highest BCUT2D eigenvalue weighted by Gasteiger charge is 2.14. The second-order valence-electron chi connectivity index (χ2n) is 3.83. The summed E-state index contributed by atoms with van der Waals surface area (Å²) in [6, 6.07) is 0. The molecule has 4 nitrogen and oxygen atoms in total. The Kier molecular flexibility index (Phi) is 6.36. The van der Waals surface area contributed by atoms with Crippen LogP contribution in [0.5, 0.6) is 0 Å². The number of carbonyl (C=O) groups is 1. The maximum atomic E-state index is 11.2. The molecular formula is C11H21NO3. The number of rotatable bonds is 6. The zero-order valence-electron chi connectivity index (χ0n) is 9.46. The summed E-state index contributed by atoms with van der Waals surface area (Å²) in [6.45, 7) is 4.66. The molecule has 0 saturated carbocycles. The van der Waals surface area contributed by atoms with Gasteiger partial charge in [-0.15, -0.1) is 0 Å². The number of hydrogen-bond donors (Lipinski definition) is 1. The van der Waals surface area contributed by atoms with Crippen LogP contribution in [-0.4, -0.2) is 38.4 Å². The monoisotopic (exact) mass is 215 g/mol. The average molecular weight is 215 g/mol. The van der Waals surface area contributed by atoms with Crippen LogP contribution in [0.15, 0.2) is 0 Å². The van der Waals surface area contributed by atoms with Gasteiger partial charge >= 0.3 is 5.97 Å². The van der Waals surface area contributed by atoms with Crippen molar-refractivity contribution in [3.05, 3.63) is 0 Å². The van der Waals surface area contributed by atoms with Crippen molar-refractivity contribution in [2.45, 2.75) is 38.7 Å². The third kappa shape index (κ3) is 5.74. The first kappa shape index (κ1) is 12.5. The van der Waals surface area contributed by atoms with Gasteiger partial charge in [-0.3, -0.25) is 0 Å². The molecule has 1 rings (SSSR count). The van der Waals surface area contributed by atoms with E-state index in [1.807, 2.05) is 0 Å². The highest BCUT2D eigenvalue weighted by Crippen LogP contribution is 2.06. The zero-order chi connectivity index (χ0) is 10.9. The fourth-order valence-electron chi connectivity index (χ4n) is 1.52. The van der Waals surface area contributed by atoms with Crippen LogP contribution >= 0.6 is 0 Å². The number of nitrogens with one attached hydrogen (secondary N) is 1. The third-order valence-electron chi connectivity index (χ3n) is 2.48. The maximum Gasteiger partial charge on any atom is 0.332 e. The van der Waals surface area contributed by atoms with Gasteiger partial charge in [-0.25, -0.2) is 4.79 Å². The standard InChI is InChI=1S/C11H21NO3/c1-2-3-8-14-11(13)9-15-10-4-6-12-7-5-10/h10,12H,2-9H2,1H3. The molecule has 0 amide bonds. The van der Waals surface area contributed by atoms with Crippen molar-refractivity contribution in [2.24, 2.45) is 0 Å². The Bertz CT molecular complexity index is 179. The molecule has 1 aliphatic heterocycles. The second-order valence-corrected chi connectivity index (χ2v) is 3.83. The fraction of sp³-hybridized carbons (Fsp3) is 0.909. The van der Waals surface area contributed by atoms with Gasteiger partial charge in [0, 0.05) is 0 Å². The Balaban J connectivity index is 2.00. The highest BCUT2D eigenvalue weighted by atomic mass is 16.6. The molecule has 88 valence electrons. The lowest BCUT2D eigenvalue weighted by Gasteiger charge is -2.22. The fourth-order valence-corrected chi connectivity index (χ4v) is 1.52. The molecule has 0 aliphatic carbocycles. The quantitative estimate of drug-likeness (QED) is 0.532. The Morgan fingerprint density at radius 3 is 2.80 bits per heavy atom. The summed E-state index contributed by atoms with van der Waals surface area (Å²) in [5, 5.41) is 3.25. The lowest BCUT2D eigenvalue weighted by molar-refractivity contribution is -0.151. The topological polar surface area (TPSA) is 47.6 Å². The summed E-state index contributed by atoms with van der Waals surface area (Å²) < 4.78 is 10.5. The Labute approximate surface area is 91.3 Å². The predicted molar refractivity (Wildman–Crippen MR) is 57.7 cm³/mol. The van der Waals surface area contributed by atoms with Crippen molar-refractivity contribution in [1.29, 1.82) is 0 Å². The number of piperidine rings is 1. The van der Waals surface area contributed by atoms with Crippen LogP contribution in [0.3, 0.4) is 0 Å². The van der Waals surface area contributed by atoms with Crippen LogP contribution in [0.2, 0.25) is 0 Å². The highest BCUT2D eigenvalue weighted by molar-refractivity contribution is 5.70. The van der Waals surface area contributed by atoms with E-state index in [1.165, 1.54) is 0 Å². The first-order chi connectivity index (χ1) is 7.33. The molecule has 1 fully saturated rings. The smallest absolute Gasteiger partial charge is 0.332 e.